The lowest BCUT2D eigenvalue weighted by Crippen LogP contribution is -2.55. The summed E-state index contributed by atoms with van der Waals surface area (Å²) in [5.74, 6) is -2.03. The number of hydrogen-bond donors (Lipinski definition) is 5. The van der Waals surface area contributed by atoms with Gasteiger partial charge in [0.2, 0.25) is 5.91 Å². The van der Waals surface area contributed by atoms with E-state index in [1.807, 2.05) is 0 Å². The fourth-order valence-corrected chi connectivity index (χ4v) is 1.96. The maximum atomic E-state index is 11.1. The molecule has 0 unspecified atom stereocenters. The van der Waals surface area contributed by atoms with Crippen molar-refractivity contribution < 1.29 is 24.6 Å². The monoisotopic (exact) mass is 305 g/mol. The van der Waals surface area contributed by atoms with Gasteiger partial charge in [0.25, 0.3) is 0 Å². The smallest absolute Gasteiger partial charge is 0.322 e. The van der Waals surface area contributed by atoms with Crippen molar-refractivity contribution in [3.8, 4) is 0 Å². The lowest BCUT2D eigenvalue weighted by Gasteiger charge is -2.19. The highest BCUT2D eigenvalue weighted by Gasteiger charge is 2.21. The van der Waals surface area contributed by atoms with Crippen LogP contribution < -0.4 is 16.6 Å². The summed E-state index contributed by atoms with van der Waals surface area (Å²) >= 11 is 1.36. The summed E-state index contributed by atoms with van der Waals surface area (Å²) in [5.41, 5.74) is 10.1. The van der Waals surface area contributed by atoms with Crippen molar-refractivity contribution in [2.24, 2.45) is 5.73 Å². The van der Waals surface area contributed by atoms with E-state index < -0.39 is 29.9 Å². The topological polar surface area (TPSA) is 142 Å². The number of rotatable bonds is 12. The van der Waals surface area contributed by atoms with Crippen LogP contribution in [0.3, 0.4) is 0 Å². The number of primary amides is 1. The number of nitrogens with two attached hydrogens (primary N) is 1. The average Bonchev–Trinajstić information content (AvgIpc) is 2.35. The molecule has 0 aromatic rings. The van der Waals surface area contributed by atoms with Crippen LogP contribution in [-0.4, -0.2) is 51.6 Å². The summed E-state index contributed by atoms with van der Waals surface area (Å²) in [4.78, 5) is 32.5. The maximum absolute atomic E-state index is 11.1. The zero-order valence-electron chi connectivity index (χ0n) is 10.9. The zero-order valence-corrected chi connectivity index (χ0v) is 11.7. The van der Waals surface area contributed by atoms with Crippen LogP contribution in [0, 0.1) is 0 Å². The highest BCUT2D eigenvalue weighted by atomic mass is 32.2. The molecule has 0 saturated heterocycles. The van der Waals surface area contributed by atoms with Crippen LogP contribution in [0.1, 0.15) is 12.8 Å². The first-order chi connectivity index (χ1) is 9.38. The number of hydrogen-bond acceptors (Lipinski definition) is 6. The minimum atomic E-state index is -1.09. The molecule has 0 heterocycles. The Kier molecular flexibility index (Phi) is 9.43. The summed E-state index contributed by atoms with van der Waals surface area (Å²) in [6, 6.07) is -1.87. The predicted octanol–water partition coefficient (Wildman–Crippen LogP) is -0.828. The van der Waals surface area contributed by atoms with Crippen molar-refractivity contribution >= 4 is 29.6 Å². The van der Waals surface area contributed by atoms with Gasteiger partial charge in [-0.1, -0.05) is 6.08 Å². The molecule has 6 N–H and O–H groups in total. The van der Waals surface area contributed by atoms with Gasteiger partial charge < -0.3 is 15.9 Å². The molecular formula is C11H19N3O5S. The van der Waals surface area contributed by atoms with Gasteiger partial charge in [-0.15, -0.1) is 6.58 Å². The van der Waals surface area contributed by atoms with E-state index in [2.05, 4.69) is 17.4 Å². The van der Waals surface area contributed by atoms with Crippen LogP contribution in [0.15, 0.2) is 12.7 Å². The molecule has 0 aliphatic rings. The van der Waals surface area contributed by atoms with Crippen molar-refractivity contribution in [2.45, 2.75) is 24.9 Å². The molecule has 0 radical (unpaired) electrons. The Labute approximate surface area is 120 Å². The molecule has 1 amide bonds. The molecular weight excluding hydrogens is 286 g/mol. The number of carboxylic acid groups (broad SMARTS) is 2. The van der Waals surface area contributed by atoms with Crippen molar-refractivity contribution in [1.29, 1.82) is 0 Å². The van der Waals surface area contributed by atoms with E-state index >= 15 is 0 Å². The first-order valence-corrected chi connectivity index (χ1v) is 6.97. The van der Waals surface area contributed by atoms with Gasteiger partial charge in [0.15, 0.2) is 0 Å². The summed E-state index contributed by atoms with van der Waals surface area (Å²) in [6.07, 6.45) is 1.38. The molecule has 0 rings (SSSR count). The number of carboxylic acids is 2. The normalized spacial score (nSPS) is 13.4. The molecule has 0 spiro atoms. The number of carbonyl (C=O) groups is 3. The number of aliphatic carboxylic acids is 2. The van der Waals surface area contributed by atoms with E-state index in [1.165, 1.54) is 11.8 Å². The second kappa shape index (κ2) is 10.2. The minimum Gasteiger partial charge on any atom is -0.481 e. The Hall–Kier alpha value is -1.58. The van der Waals surface area contributed by atoms with Gasteiger partial charge in [0.05, 0.1) is 0 Å². The Morgan fingerprint density at radius 2 is 1.85 bits per heavy atom. The van der Waals surface area contributed by atoms with Crippen molar-refractivity contribution in [1.82, 2.24) is 10.9 Å². The van der Waals surface area contributed by atoms with Crippen LogP contribution in [0.4, 0.5) is 0 Å². The van der Waals surface area contributed by atoms with E-state index in [-0.39, 0.29) is 18.6 Å². The van der Waals surface area contributed by atoms with Crippen molar-refractivity contribution in [3.63, 3.8) is 0 Å². The second-order valence-electron chi connectivity index (χ2n) is 3.89. The van der Waals surface area contributed by atoms with Gasteiger partial charge >= 0.3 is 11.9 Å². The third-order valence-electron chi connectivity index (χ3n) is 2.24. The quantitative estimate of drug-likeness (QED) is 0.179. The van der Waals surface area contributed by atoms with Crippen LogP contribution in [0.2, 0.25) is 0 Å². The van der Waals surface area contributed by atoms with Crippen LogP contribution in [-0.2, 0) is 14.4 Å². The molecule has 0 bridgehead atoms. The summed E-state index contributed by atoms with van der Waals surface area (Å²) in [5, 5.41) is 17.5. The number of hydrazine groups is 1. The molecule has 8 nitrogen and oxygen atoms in total. The fourth-order valence-electron chi connectivity index (χ4n) is 1.20. The number of nitrogens with one attached hydrogen (secondary N) is 2. The summed E-state index contributed by atoms with van der Waals surface area (Å²) in [6.45, 7) is 3.52. The third kappa shape index (κ3) is 8.51. The molecule has 114 valence electrons. The Morgan fingerprint density at radius 1 is 1.25 bits per heavy atom. The van der Waals surface area contributed by atoms with Gasteiger partial charge in [-0.05, 0) is 6.42 Å². The van der Waals surface area contributed by atoms with E-state index in [1.54, 1.807) is 6.08 Å². The Balaban J connectivity index is 4.31. The fraction of sp³-hybridized carbons (Fsp3) is 0.545. The molecule has 2 atom stereocenters. The van der Waals surface area contributed by atoms with Gasteiger partial charge in [-0.3, -0.25) is 14.4 Å². The summed E-state index contributed by atoms with van der Waals surface area (Å²) < 4.78 is 0. The number of thioether (sulfide) groups is 1. The lowest BCUT2D eigenvalue weighted by molar-refractivity contribution is -0.140. The Morgan fingerprint density at radius 3 is 2.30 bits per heavy atom. The number of carbonyl (C=O) groups excluding carboxylic acids is 1. The largest absolute Gasteiger partial charge is 0.481 e. The second-order valence-corrected chi connectivity index (χ2v) is 4.97. The van der Waals surface area contributed by atoms with Crippen LogP contribution in [0.5, 0.6) is 0 Å². The van der Waals surface area contributed by atoms with E-state index in [9.17, 15) is 14.4 Å². The molecule has 20 heavy (non-hydrogen) atoms. The zero-order chi connectivity index (χ0) is 15.5. The number of amides is 1. The third-order valence-corrected chi connectivity index (χ3v) is 3.28. The molecule has 0 aromatic carbocycles. The first kappa shape index (κ1) is 18.4. The van der Waals surface area contributed by atoms with E-state index in [4.69, 9.17) is 15.9 Å². The van der Waals surface area contributed by atoms with Gasteiger partial charge in [0, 0.05) is 17.9 Å². The van der Waals surface area contributed by atoms with Gasteiger partial charge in [-0.25, -0.2) is 10.9 Å². The molecule has 0 saturated carbocycles. The van der Waals surface area contributed by atoms with Gasteiger partial charge in [0.1, 0.15) is 12.1 Å². The van der Waals surface area contributed by atoms with Crippen LogP contribution in [0.25, 0.3) is 0 Å². The molecule has 9 heteroatoms. The first-order valence-electron chi connectivity index (χ1n) is 5.82. The van der Waals surface area contributed by atoms with Crippen molar-refractivity contribution in [2.75, 3.05) is 11.5 Å². The van der Waals surface area contributed by atoms with Crippen molar-refractivity contribution in [3.05, 3.63) is 12.7 Å². The standard InChI is InChI=1S/C11H19N3O5S/c1-2-5-20-6-8(11(18)19)14-13-7(10(12)17)3-4-9(15)16/h2,7-8,13-14H,1,3-6H2,(H2,12,17)(H,15,16)(H,18,19)/t7-,8-/m0/s1. The highest BCUT2D eigenvalue weighted by Crippen LogP contribution is 2.03. The maximum Gasteiger partial charge on any atom is 0.322 e. The van der Waals surface area contributed by atoms with E-state index in [0.29, 0.717) is 5.75 Å². The highest BCUT2D eigenvalue weighted by molar-refractivity contribution is 7.99. The average molecular weight is 305 g/mol. The minimum absolute atomic E-state index is 0.0240. The Bertz CT molecular complexity index is 364. The van der Waals surface area contributed by atoms with Gasteiger partial charge in [-0.2, -0.15) is 11.8 Å². The summed E-state index contributed by atoms with van der Waals surface area (Å²) in [7, 11) is 0. The molecule has 0 aromatic heterocycles. The lowest BCUT2D eigenvalue weighted by atomic mass is 10.1. The predicted molar refractivity (Wildman–Crippen MR) is 75.1 cm³/mol. The SMILES string of the molecule is C=CCSC[C@H](NN[C@@H](CCC(=O)O)C(N)=O)C(=O)O. The molecule has 0 aliphatic carbocycles. The molecule has 0 fully saturated rings. The molecule has 0 aliphatic heterocycles. The van der Waals surface area contributed by atoms with E-state index in [0.717, 1.165) is 0 Å². The van der Waals surface area contributed by atoms with Crippen LogP contribution >= 0.6 is 11.8 Å².